The fourth-order valence-corrected chi connectivity index (χ4v) is 0.911. The summed E-state index contributed by atoms with van der Waals surface area (Å²) >= 11 is 0. The maximum Gasteiger partial charge on any atom is 0.251 e. The third-order valence-electron chi connectivity index (χ3n) is 1.60. The Balaban J connectivity index is 3.20. The van der Waals surface area contributed by atoms with Crippen LogP contribution in [-0.4, -0.2) is 4.57 Å². The van der Waals surface area contributed by atoms with Crippen LogP contribution < -0.4 is 5.56 Å². The van der Waals surface area contributed by atoms with Crippen molar-refractivity contribution in [2.24, 2.45) is 0 Å². The van der Waals surface area contributed by atoms with Gasteiger partial charge >= 0.3 is 0 Å². The van der Waals surface area contributed by atoms with E-state index in [4.69, 9.17) is 0 Å². The van der Waals surface area contributed by atoms with Gasteiger partial charge < -0.3 is 4.57 Å². The Hall–Kier alpha value is -1.31. The second-order valence-corrected chi connectivity index (χ2v) is 2.29. The maximum absolute atomic E-state index is 11.1. The minimum atomic E-state index is 0.0323. The molecule has 1 aromatic rings. The van der Waals surface area contributed by atoms with Crippen molar-refractivity contribution in [3.63, 3.8) is 0 Å². The van der Waals surface area contributed by atoms with E-state index in [1.807, 2.05) is 13.0 Å². The summed E-state index contributed by atoms with van der Waals surface area (Å²) in [5, 5.41) is 0. The second-order valence-electron chi connectivity index (χ2n) is 2.29. The third-order valence-corrected chi connectivity index (χ3v) is 1.60. The van der Waals surface area contributed by atoms with E-state index in [-0.39, 0.29) is 5.56 Å². The molecular formula is C9H11NO. The van der Waals surface area contributed by atoms with E-state index in [0.717, 1.165) is 12.1 Å². The Kier molecular flexibility index (Phi) is 2.26. The lowest BCUT2D eigenvalue weighted by atomic mass is 10.3. The molecule has 0 saturated carbocycles. The minimum absolute atomic E-state index is 0.0323. The standard InChI is InChI=1S/C9H11NO/c1-3-8-5-6-10(4-2)9(11)7-8/h3,5-7H,1,4H2,2H3. The average molecular weight is 149 g/mol. The molecule has 0 unspecified atom stereocenters. The molecule has 0 aliphatic heterocycles. The normalized spacial score (nSPS) is 9.55. The van der Waals surface area contributed by atoms with Crippen LogP contribution in [0.4, 0.5) is 0 Å². The van der Waals surface area contributed by atoms with Crippen LogP contribution in [0.2, 0.25) is 0 Å². The van der Waals surface area contributed by atoms with Crippen LogP contribution in [0.5, 0.6) is 0 Å². The molecule has 1 rings (SSSR count). The average Bonchev–Trinajstić information content (AvgIpc) is 2.04. The van der Waals surface area contributed by atoms with Crippen LogP contribution in [0.1, 0.15) is 12.5 Å². The summed E-state index contributed by atoms with van der Waals surface area (Å²) in [6, 6.07) is 3.45. The molecule has 0 saturated heterocycles. The van der Waals surface area contributed by atoms with Crippen molar-refractivity contribution in [1.29, 1.82) is 0 Å². The highest BCUT2D eigenvalue weighted by molar-refractivity contribution is 5.44. The van der Waals surface area contributed by atoms with Gasteiger partial charge in [-0.25, -0.2) is 0 Å². The highest BCUT2D eigenvalue weighted by atomic mass is 16.1. The lowest BCUT2D eigenvalue weighted by molar-refractivity contribution is 0.726. The van der Waals surface area contributed by atoms with Crippen molar-refractivity contribution in [3.05, 3.63) is 40.8 Å². The topological polar surface area (TPSA) is 22.0 Å². The number of rotatable bonds is 2. The molecule has 11 heavy (non-hydrogen) atoms. The fourth-order valence-electron chi connectivity index (χ4n) is 0.911. The fraction of sp³-hybridized carbons (Fsp3) is 0.222. The zero-order chi connectivity index (χ0) is 8.27. The molecule has 0 aromatic carbocycles. The summed E-state index contributed by atoms with van der Waals surface area (Å²) in [7, 11) is 0. The summed E-state index contributed by atoms with van der Waals surface area (Å²) in [4.78, 5) is 11.1. The van der Waals surface area contributed by atoms with Crippen molar-refractivity contribution in [3.8, 4) is 0 Å². The summed E-state index contributed by atoms with van der Waals surface area (Å²) in [6.07, 6.45) is 3.45. The van der Waals surface area contributed by atoms with E-state index in [2.05, 4.69) is 6.58 Å². The van der Waals surface area contributed by atoms with Gasteiger partial charge in [-0.05, 0) is 18.6 Å². The number of nitrogens with zero attached hydrogens (tertiary/aromatic N) is 1. The summed E-state index contributed by atoms with van der Waals surface area (Å²) in [5.41, 5.74) is 0.907. The third kappa shape index (κ3) is 1.58. The van der Waals surface area contributed by atoms with E-state index in [0.29, 0.717) is 0 Å². The summed E-state index contributed by atoms with van der Waals surface area (Å²) in [6.45, 7) is 6.24. The van der Waals surface area contributed by atoms with Gasteiger partial charge in [0, 0.05) is 18.8 Å². The molecule has 0 aliphatic carbocycles. The van der Waals surface area contributed by atoms with E-state index in [1.54, 1.807) is 22.9 Å². The molecular weight excluding hydrogens is 138 g/mol. The first kappa shape index (κ1) is 7.79. The number of hydrogen-bond donors (Lipinski definition) is 0. The molecule has 0 fully saturated rings. The Morgan fingerprint density at radius 1 is 1.73 bits per heavy atom. The van der Waals surface area contributed by atoms with Gasteiger partial charge in [0.2, 0.25) is 0 Å². The van der Waals surface area contributed by atoms with Crippen molar-refractivity contribution in [2.45, 2.75) is 13.5 Å². The quantitative estimate of drug-likeness (QED) is 0.624. The van der Waals surface area contributed by atoms with Crippen LogP contribution in [0.25, 0.3) is 6.08 Å². The second kappa shape index (κ2) is 3.19. The molecule has 1 heterocycles. The molecule has 0 amide bonds. The highest BCUT2D eigenvalue weighted by Crippen LogP contribution is 1.94. The predicted molar refractivity (Wildman–Crippen MR) is 46.5 cm³/mol. The Morgan fingerprint density at radius 2 is 2.45 bits per heavy atom. The number of aryl methyl sites for hydroxylation is 1. The van der Waals surface area contributed by atoms with Gasteiger partial charge in [-0.3, -0.25) is 4.79 Å². The number of pyridine rings is 1. The SMILES string of the molecule is C=Cc1ccn(CC)c(=O)c1. The molecule has 0 spiro atoms. The Labute approximate surface area is 65.8 Å². The van der Waals surface area contributed by atoms with Crippen molar-refractivity contribution < 1.29 is 0 Å². The van der Waals surface area contributed by atoms with Gasteiger partial charge in [0.05, 0.1) is 0 Å². The molecule has 0 radical (unpaired) electrons. The van der Waals surface area contributed by atoms with Crippen molar-refractivity contribution in [1.82, 2.24) is 4.57 Å². The van der Waals surface area contributed by atoms with E-state index in [1.165, 1.54) is 0 Å². The first-order valence-corrected chi connectivity index (χ1v) is 3.61. The zero-order valence-electron chi connectivity index (χ0n) is 6.58. The van der Waals surface area contributed by atoms with Gasteiger partial charge in [0.25, 0.3) is 5.56 Å². The van der Waals surface area contributed by atoms with Crippen molar-refractivity contribution >= 4 is 6.08 Å². The highest BCUT2D eigenvalue weighted by Gasteiger charge is 1.91. The first-order valence-electron chi connectivity index (χ1n) is 3.61. The van der Waals surface area contributed by atoms with Crippen LogP contribution >= 0.6 is 0 Å². The molecule has 58 valence electrons. The lowest BCUT2D eigenvalue weighted by Gasteiger charge is -1.99. The Morgan fingerprint density at radius 3 is 2.91 bits per heavy atom. The number of aromatic nitrogens is 1. The largest absolute Gasteiger partial charge is 0.316 e. The summed E-state index contributed by atoms with van der Waals surface area (Å²) in [5.74, 6) is 0. The minimum Gasteiger partial charge on any atom is -0.316 e. The number of hydrogen-bond acceptors (Lipinski definition) is 1. The monoisotopic (exact) mass is 149 g/mol. The molecule has 0 bridgehead atoms. The first-order chi connectivity index (χ1) is 5.27. The van der Waals surface area contributed by atoms with E-state index in [9.17, 15) is 4.79 Å². The molecule has 0 aliphatic rings. The predicted octanol–water partition coefficient (Wildman–Crippen LogP) is 1.51. The van der Waals surface area contributed by atoms with Crippen LogP contribution in [-0.2, 0) is 6.54 Å². The van der Waals surface area contributed by atoms with E-state index >= 15 is 0 Å². The lowest BCUT2D eigenvalue weighted by Crippen LogP contribution is -2.17. The molecule has 0 N–H and O–H groups in total. The summed E-state index contributed by atoms with van der Waals surface area (Å²) < 4.78 is 1.65. The van der Waals surface area contributed by atoms with Gasteiger partial charge in [-0.15, -0.1) is 0 Å². The Bertz CT molecular complexity index is 312. The van der Waals surface area contributed by atoms with Gasteiger partial charge in [0.1, 0.15) is 0 Å². The smallest absolute Gasteiger partial charge is 0.251 e. The van der Waals surface area contributed by atoms with Crippen LogP contribution in [0, 0.1) is 0 Å². The molecule has 0 atom stereocenters. The van der Waals surface area contributed by atoms with Crippen LogP contribution in [0.15, 0.2) is 29.7 Å². The molecule has 1 aromatic heterocycles. The van der Waals surface area contributed by atoms with Crippen LogP contribution in [0.3, 0.4) is 0 Å². The van der Waals surface area contributed by atoms with Gasteiger partial charge in [-0.2, -0.15) is 0 Å². The van der Waals surface area contributed by atoms with E-state index < -0.39 is 0 Å². The maximum atomic E-state index is 11.1. The zero-order valence-corrected chi connectivity index (χ0v) is 6.58. The van der Waals surface area contributed by atoms with Gasteiger partial charge in [0.15, 0.2) is 0 Å². The van der Waals surface area contributed by atoms with Gasteiger partial charge in [-0.1, -0.05) is 12.7 Å². The molecule has 2 heteroatoms. The molecule has 2 nitrogen and oxygen atoms in total. The van der Waals surface area contributed by atoms with Crippen molar-refractivity contribution in [2.75, 3.05) is 0 Å².